The van der Waals surface area contributed by atoms with Gasteiger partial charge in [-0.1, -0.05) is 20.3 Å². The molecule has 0 N–H and O–H groups in total. The van der Waals surface area contributed by atoms with E-state index in [9.17, 15) is 4.79 Å². The third kappa shape index (κ3) is 3.88. The molecule has 0 heterocycles. The molecule has 2 atom stereocenters. The highest BCUT2D eigenvalue weighted by Crippen LogP contribution is 2.12. The van der Waals surface area contributed by atoms with Gasteiger partial charge in [-0.2, -0.15) is 0 Å². The van der Waals surface area contributed by atoms with Crippen LogP contribution >= 0.6 is 15.9 Å². The van der Waals surface area contributed by atoms with Gasteiger partial charge in [0.1, 0.15) is 6.10 Å². The number of carbonyl (C=O) groups is 1. The fourth-order valence-corrected chi connectivity index (χ4v) is 0.889. The molecule has 0 aromatic carbocycles. The second kappa shape index (κ2) is 4.72. The molecule has 0 aliphatic rings. The summed E-state index contributed by atoms with van der Waals surface area (Å²) in [4.78, 5) is 9.99. The van der Waals surface area contributed by atoms with Crippen molar-refractivity contribution in [2.75, 3.05) is 0 Å². The van der Waals surface area contributed by atoms with Crippen molar-refractivity contribution in [3.63, 3.8) is 0 Å². The number of hydrogen-bond donors (Lipinski definition) is 0. The fraction of sp³-hybridized carbons (Fsp3) is 0.857. The summed E-state index contributed by atoms with van der Waals surface area (Å²) in [6.07, 6.45) is 1.04. The van der Waals surface area contributed by atoms with Crippen molar-refractivity contribution in [1.82, 2.24) is 0 Å². The monoisotopic (exact) mass is 208 g/mol. The smallest absolute Gasteiger partial charge is 0.374 e. The van der Waals surface area contributed by atoms with Crippen LogP contribution < -0.4 is 0 Å². The van der Waals surface area contributed by atoms with E-state index in [1.807, 2.05) is 6.92 Å². The van der Waals surface area contributed by atoms with Crippen molar-refractivity contribution in [2.24, 2.45) is 5.92 Å². The molecule has 0 fully saturated rings. The lowest BCUT2D eigenvalue weighted by Crippen LogP contribution is -2.18. The lowest BCUT2D eigenvalue weighted by atomic mass is 10.0. The van der Waals surface area contributed by atoms with E-state index in [0.717, 1.165) is 6.42 Å². The van der Waals surface area contributed by atoms with Crippen molar-refractivity contribution in [1.29, 1.82) is 0 Å². The van der Waals surface area contributed by atoms with Crippen LogP contribution in [0.15, 0.2) is 0 Å². The van der Waals surface area contributed by atoms with Crippen LogP contribution in [0.5, 0.6) is 0 Å². The molecule has 0 rings (SSSR count). The Bertz CT molecular complexity index is 114. The Morgan fingerprint density at radius 1 is 1.60 bits per heavy atom. The van der Waals surface area contributed by atoms with E-state index in [1.54, 1.807) is 0 Å². The van der Waals surface area contributed by atoms with Gasteiger partial charge in [-0.15, -0.1) is 0 Å². The number of rotatable bonds is 3. The van der Waals surface area contributed by atoms with E-state index in [4.69, 9.17) is 4.74 Å². The van der Waals surface area contributed by atoms with Gasteiger partial charge in [0.2, 0.25) is 0 Å². The van der Waals surface area contributed by atoms with Crippen molar-refractivity contribution in [3.8, 4) is 0 Å². The van der Waals surface area contributed by atoms with Gasteiger partial charge in [-0.25, -0.2) is 4.79 Å². The summed E-state index contributed by atoms with van der Waals surface area (Å²) in [5, 5.41) is 0. The van der Waals surface area contributed by atoms with Crippen molar-refractivity contribution < 1.29 is 9.53 Å². The molecule has 0 amide bonds. The molecule has 2 unspecified atom stereocenters. The first-order valence-electron chi connectivity index (χ1n) is 3.44. The van der Waals surface area contributed by atoms with Crippen LogP contribution in [0.2, 0.25) is 0 Å². The molecule has 0 radical (unpaired) electrons. The van der Waals surface area contributed by atoms with Gasteiger partial charge in [0.25, 0.3) is 0 Å². The Balaban J connectivity index is 3.61. The number of ether oxygens (including phenoxy) is 1. The molecular formula is C7H13BrO2. The highest BCUT2D eigenvalue weighted by Gasteiger charge is 2.12. The van der Waals surface area contributed by atoms with Gasteiger partial charge in [0.15, 0.2) is 0 Å². The lowest BCUT2D eigenvalue weighted by Gasteiger charge is -2.16. The SMILES string of the molecule is CCC(C)C(C)OC(=O)Br. The fourth-order valence-electron chi connectivity index (χ4n) is 0.594. The summed E-state index contributed by atoms with van der Waals surface area (Å²) < 4.78 is 4.88. The zero-order valence-corrected chi connectivity index (χ0v) is 8.14. The Labute approximate surface area is 70.1 Å². The maximum atomic E-state index is 10.4. The van der Waals surface area contributed by atoms with Gasteiger partial charge in [-0.3, -0.25) is 0 Å². The molecule has 0 aromatic rings. The highest BCUT2D eigenvalue weighted by atomic mass is 79.9. The van der Waals surface area contributed by atoms with E-state index < -0.39 is 0 Å². The summed E-state index contributed by atoms with van der Waals surface area (Å²) in [7, 11) is 0. The molecule has 0 saturated heterocycles. The molecule has 0 spiro atoms. The quantitative estimate of drug-likeness (QED) is 0.668. The third-order valence-electron chi connectivity index (χ3n) is 1.72. The Hall–Kier alpha value is -0.0500. The summed E-state index contributed by atoms with van der Waals surface area (Å²) >= 11 is 2.71. The van der Waals surface area contributed by atoms with Crippen LogP contribution in [0.4, 0.5) is 4.79 Å². The van der Waals surface area contributed by atoms with E-state index in [0.29, 0.717) is 5.92 Å². The standard InChI is InChI=1S/C7H13BrO2/c1-4-5(2)6(3)10-7(8)9/h5-6H,4H2,1-3H3. The van der Waals surface area contributed by atoms with Crippen LogP contribution in [0, 0.1) is 5.92 Å². The molecule has 0 aliphatic heterocycles. The second-order valence-corrected chi connectivity index (χ2v) is 3.09. The first-order chi connectivity index (χ1) is 4.57. The van der Waals surface area contributed by atoms with Crippen molar-refractivity contribution in [3.05, 3.63) is 0 Å². The van der Waals surface area contributed by atoms with Crippen LogP contribution in [0.1, 0.15) is 27.2 Å². The topological polar surface area (TPSA) is 26.3 Å². The van der Waals surface area contributed by atoms with E-state index in [1.165, 1.54) is 0 Å². The van der Waals surface area contributed by atoms with Crippen molar-refractivity contribution in [2.45, 2.75) is 33.3 Å². The average molecular weight is 209 g/mol. The highest BCUT2D eigenvalue weighted by molar-refractivity contribution is 9.18. The number of halogens is 1. The molecule has 10 heavy (non-hydrogen) atoms. The molecule has 0 aliphatic carbocycles. The van der Waals surface area contributed by atoms with Crippen LogP contribution in [0.25, 0.3) is 0 Å². The van der Waals surface area contributed by atoms with Gasteiger partial charge >= 0.3 is 4.88 Å². The summed E-state index contributed by atoms with van der Waals surface area (Å²) in [5.74, 6) is 0.432. The minimum Gasteiger partial charge on any atom is -0.454 e. The molecule has 2 nitrogen and oxygen atoms in total. The largest absolute Gasteiger partial charge is 0.454 e. The molecule has 0 saturated carbocycles. The molecule has 60 valence electrons. The minimum atomic E-state index is -0.375. The van der Waals surface area contributed by atoms with E-state index in [2.05, 4.69) is 29.8 Å². The molecule has 0 bridgehead atoms. The zero-order valence-electron chi connectivity index (χ0n) is 6.56. The van der Waals surface area contributed by atoms with Crippen molar-refractivity contribution >= 4 is 20.8 Å². The van der Waals surface area contributed by atoms with E-state index >= 15 is 0 Å². The first kappa shape index (κ1) is 9.95. The minimum absolute atomic E-state index is 0.0110. The normalized spacial score (nSPS) is 16.0. The zero-order chi connectivity index (χ0) is 8.15. The third-order valence-corrected chi connectivity index (χ3v) is 1.91. The van der Waals surface area contributed by atoms with Crippen LogP contribution in [-0.2, 0) is 4.74 Å². The van der Waals surface area contributed by atoms with Crippen LogP contribution in [0.3, 0.4) is 0 Å². The average Bonchev–Trinajstić information content (AvgIpc) is 1.85. The van der Waals surface area contributed by atoms with Gasteiger partial charge in [-0.05, 0) is 12.8 Å². The second-order valence-electron chi connectivity index (χ2n) is 2.45. The Kier molecular flexibility index (Phi) is 4.69. The predicted octanol–water partition coefficient (Wildman–Crippen LogP) is 2.95. The Morgan fingerprint density at radius 3 is 2.40 bits per heavy atom. The maximum Gasteiger partial charge on any atom is 0.374 e. The van der Waals surface area contributed by atoms with Gasteiger partial charge in [0, 0.05) is 15.9 Å². The molecule has 0 aromatic heterocycles. The summed E-state index contributed by atoms with van der Waals surface area (Å²) in [6, 6.07) is 0. The molecule has 3 heteroatoms. The lowest BCUT2D eigenvalue weighted by molar-refractivity contribution is 0.0993. The van der Waals surface area contributed by atoms with Gasteiger partial charge in [0.05, 0.1) is 0 Å². The predicted molar refractivity (Wildman–Crippen MR) is 44.3 cm³/mol. The number of hydrogen-bond acceptors (Lipinski definition) is 2. The molecular weight excluding hydrogens is 196 g/mol. The number of carbonyl (C=O) groups excluding carboxylic acids is 1. The summed E-state index contributed by atoms with van der Waals surface area (Å²) in [5.41, 5.74) is 0. The van der Waals surface area contributed by atoms with Gasteiger partial charge < -0.3 is 4.74 Å². The first-order valence-corrected chi connectivity index (χ1v) is 4.23. The summed E-state index contributed by atoms with van der Waals surface area (Å²) in [6.45, 7) is 6.02. The maximum absolute atomic E-state index is 10.4. The Morgan fingerprint density at radius 2 is 2.10 bits per heavy atom. The van der Waals surface area contributed by atoms with E-state index in [-0.39, 0.29) is 11.0 Å². The van der Waals surface area contributed by atoms with Crippen LogP contribution in [-0.4, -0.2) is 11.0 Å².